The summed E-state index contributed by atoms with van der Waals surface area (Å²) in [6.45, 7) is 1.87. The van der Waals surface area contributed by atoms with Crippen molar-refractivity contribution < 1.29 is 18.3 Å². The Morgan fingerprint density at radius 3 is 1.36 bits per heavy atom. The van der Waals surface area contributed by atoms with E-state index in [-0.39, 0.29) is 0 Å². The van der Waals surface area contributed by atoms with Gasteiger partial charge in [0.05, 0.1) is 12.1 Å². The third-order valence-corrected chi connectivity index (χ3v) is 2.96. The van der Waals surface area contributed by atoms with Crippen molar-refractivity contribution in [3.63, 3.8) is 0 Å². The van der Waals surface area contributed by atoms with E-state index in [4.69, 9.17) is 0 Å². The monoisotopic (exact) mass is 186 g/mol. The number of hydrogen-bond acceptors (Lipinski definition) is 0. The molecule has 0 aliphatic carbocycles. The number of nitrogens with zero attached hydrogens (tertiary/aromatic N) is 4. The number of hydrogen-bond donors (Lipinski definition) is 0. The first-order valence-corrected chi connectivity index (χ1v) is 4.78. The Hall–Kier alpha value is -1.84. The fraction of sp³-hybridized carbons (Fsp3) is 0.200. The van der Waals surface area contributed by atoms with Crippen LogP contribution in [0.1, 0.15) is 0 Å². The molecule has 0 fully saturated rings. The van der Waals surface area contributed by atoms with Crippen LogP contribution in [-0.2, 0) is 13.3 Å². The SMILES string of the molecule is c1c[n+]2c3[n+](c1)C[n+]1ccc[n+](c1-3)C2. The molecule has 0 N–H and O–H groups in total. The molecule has 4 heterocycles. The highest BCUT2D eigenvalue weighted by Gasteiger charge is 2.58. The van der Waals surface area contributed by atoms with E-state index in [9.17, 15) is 0 Å². The van der Waals surface area contributed by atoms with Gasteiger partial charge in [0.1, 0.15) is 0 Å². The highest BCUT2D eigenvalue weighted by molar-refractivity contribution is 5.25. The Labute approximate surface area is 80.9 Å². The molecule has 0 bridgehead atoms. The van der Waals surface area contributed by atoms with E-state index in [2.05, 4.69) is 55.2 Å². The second kappa shape index (κ2) is 1.97. The van der Waals surface area contributed by atoms with Crippen LogP contribution in [0.3, 0.4) is 0 Å². The summed E-state index contributed by atoms with van der Waals surface area (Å²) in [4.78, 5) is 0. The molecule has 0 atom stereocenters. The van der Waals surface area contributed by atoms with Crippen LogP contribution in [-0.4, -0.2) is 0 Å². The quantitative estimate of drug-likeness (QED) is 0.286. The van der Waals surface area contributed by atoms with Crippen LogP contribution in [0.5, 0.6) is 0 Å². The van der Waals surface area contributed by atoms with Crippen LogP contribution in [0.15, 0.2) is 36.9 Å². The average molecular weight is 186 g/mol. The molecule has 2 aromatic heterocycles. The lowest BCUT2D eigenvalue weighted by Crippen LogP contribution is -2.56. The van der Waals surface area contributed by atoms with Crippen LogP contribution in [0.2, 0.25) is 0 Å². The molecule has 0 saturated heterocycles. The van der Waals surface area contributed by atoms with Crippen LogP contribution < -0.4 is 18.3 Å². The largest absolute Gasteiger partial charge is 0.600 e. The third-order valence-electron chi connectivity index (χ3n) is 2.96. The van der Waals surface area contributed by atoms with Gasteiger partial charge in [-0.2, -0.15) is 0 Å². The fourth-order valence-electron chi connectivity index (χ4n) is 2.40. The van der Waals surface area contributed by atoms with Crippen LogP contribution in [0.4, 0.5) is 0 Å². The van der Waals surface area contributed by atoms with Gasteiger partial charge in [0.15, 0.2) is 24.8 Å². The molecule has 14 heavy (non-hydrogen) atoms. The minimum absolute atomic E-state index is 0.937. The molecular weight excluding hydrogens is 176 g/mol. The van der Waals surface area contributed by atoms with E-state index < -0.39 is 0 Å². The Balaban J connectivity index is 2.22. The van der Waals surface area contributed by atoms with Crippen molar-refractivity contribution in [2.75, 3.05) is 0 Å². The van der Waals surface area contributed by atoms with Gasteiger partial charge in [-0.05, 0) is 0 Å². The predicted molar refractivity (Wildman–Crippen MR) is 43.5 cm³/mol. The summed E-state index contributed by atoms with van der Waals surface area (Å²) in [6.07, 6.45) is 8.53. The van der Waals surface area contributed by atoms with E-state index >= 15 is 0 Å². The summed E-state index contributed by atoms with van der Waals surface area (Å²) in [6, 6.07) is 4.19. The van der Waals surface area contributed by atoms with Gasteiger partial charge in [-0.25, -0.2) is 0 Å². The predicted octanol–water partition coefficient (Wildman–Crippen LogP) is -1.86. The molecule has 0 unspecified atom stereocenters. The first kappa shape index (κ1) is 6.59. The van der Waals surface area contributed by atoms with Crippen molar-refractivity contribution in [1.82, 2.24) is 0 Å². The summed E-state index contributed by atoms with van der Waals surface area (Å²) in [5.74, 6) is 2.63. The Bertz CT molecular complexity index is 470. The minimum Gasteiger partial charge on any atom is -0.0697 e. The van der Waals surface area contributed by atoms with Gasteiger partial charge in [0, 0.05) is 0 Å². The van der Waals surface area contributed by atoms with Gasteiger partial charge in [-0.3, -0.25) is 0 Å². The Morgan fingerprint density at radius 2 is 1.00 bits per heavy atom. The lowest BCUT2D eigenvalue weighted by atomic mass is 10.5. The number of aromatic nitrogens is 4. The fourth-order valence-corrected chi connectivity index (χ4v) is 2.40. The lowest BCUT2D eigenvalue weighted by molar-refractivity contribution is -0.970. The van der Waals surface area contributed by atoms with Crippen molar-refractivity contribution in [2.45, 2.75) is 13.3 Å². The van der Waals surface area contributed by atoms with Gasteiger partial charge >= 0.3 is 25.0 Å². The summed E-state index contributed by atoms with van der Waals surface area (Å²) in [5.41, 5.74) is 0. The van der Waals surface area contributed by atoms with Crippen molar-refractivity contribution >= 4 is 0 Å². The maximum absolute atomic E-state index is 2.28. The molecule has 0 amide bonds. The van der Waals surface area contributed by atoms with Crippen molar-refractivity contribution in [3.8, 4) is 11.6 Å². The Kier molecular flexibility index (Phi) is 0.929. The normalized spacial score (nSPS) is 14.6. The van der Waals surface area contributed by atoms with Crippen molar-refractivity contribution in [1.29, 1.82) is 0 Å². The van der Waals surface area contributed by atoms with Gasteiger partial charge in [-0.1, -0.05) is 18.3 Å². The molecule has 2 aromatic rings. The molecule has 4 heteroatoms. The molecule has 2 aliphatic heterocycles. The zero-order chi connectivity index (χ0) is 9.12. The van der Waals surface area contributed by atoms with Crippen LogP contribution in [0, 0.1) is 0 Å². The lowest BCUT2D eigenvalue weighted by Gasteiger charge is -1.85. The summed E-state index contributed by atoms with van der Waals surface area (Å²) in [5, 5.41) is 0. The highest BCUT2D eigenvalue weighted by atomic mass is 15.4. The molecule has 0 spiro atoms. The van der Waals surface area contributed by atoms with E-state index in [1.165, 1.54) is 11.6 Å². The van der Waals surface area contributed by atoms with E-state index in [1.807, 2.05) is 0 Å². The smallest absolute Gasteiger partial charge is 0.0697 e. The van der Waals surface area contributed by atoms with Crippen molar-refractivity contribution in [2.24, 2.45) is 0 Å². The first-order valence-electron chi connectivity index (χ1n) is 4.78. The van der Waals surface area contributed by atoms with Gasteiger partial charge in [0.2, 0.25) is 0 Å². The minimum atomic E-state index is 0.937. The van der Waals surface area contributed by atoms with Gasteiger partial charge < -0.3 is 0 Å². The highest BCUT2D eigenvalue weighted by Crippen LogP contribution is 2.07. The van der Waals surface area contributed by atoms with Gasteiger partial charge in [-0.15, -0.1) is 0 Å². The summed E-state index contributed by atoms with van der Waals surface area (Å²) >= 11 is 0. The molecule has 2 aliphatic rings. The van der Waals surface area contributed by atoms with Crippen LogP contribution >= 0.6 is 0 Å². The second-order valence-electron chi connectivity index (χ2n) is 3.79. The maximum atomic E-state index is 2.28. The van der Waals surface area contributed by atoms with E-state index in [0.29, 0.717) is 0 Å². The first-order chi connectivity index (χ1) is 6.93. The average Bonchev–Trinajstić information content (AvgIpc) is 2.74. The molecular formula is C10H10N4+4. The molecule has 4 rings (SSSR count). The second-order valence-corrected chi connectivity index (χ2v) is 3.79. The van der Waals surface area contributed by atoms with E-state index in [1.54, 1.807) is 0 Å². The topological polar surface area (TPSA) is 15.5 Å². The van der Waals surface area contributed by atoms with Gasteiger partial charge in [0.25, 0.3) is 0 Å². The zero-order valence-electron chi connectivity index (χ0n) is 7.67. The molecule has 0 saturated carbocycles. The molecule has 4 nitrogen and oxygen atoms in total. The molecule has 0 radical (unpaired) electrons. The third kappa shape index (κ3) is 0.585. The zero-order valence-corrected chi connectivity index (χ0v) is 7.67. The molecule has 0 aromatic carbocycles. The molecule has 66 valence electrons. The standard InChI is InChI=1S/C10H10N4/c1-3-11-7-13-5-2-6-14-8-12(4-1)9(11)10(13)14/h1-6H,7-8H2/q+4. The Morgan fingerprint density at radius 1 is 0.643 bits per heavy atom. The number of rotatable bonds is 0. The summed E-state index contributed by atoms with van der Waals surface area (Å²) < 4.78 is 9.11. The van der Waals surface area contributed by atoms with Crippen molar-refractivity contribution in [3.05, 3.63) is 36.9 Å². The van der Waals surface area contributed by atoms with E-state index in [0.717, 1.165) is 13.3 Å². The maximum Gasteiger partial charge on any atom is 0.600 e. The van der Waals surface area contributed by atoms with Crippen LogP contribution in [0.25, 0.3) is 11.6 Å². The summed E-state index contributed by atoms with van der Waals surface area (Å²) in [7, 11) is 0.